The first-order chi connectivity index (χ1) is 15.7. The van der Waals surface area contributed by atoms with E-state index in [-0.39, 0.29) is 4.83 Å². The molecule has 3 aromatic rings. The Bertz CT molecular complexity index is 1130. The molecule has 0 aliphatic heterocycles. The number of fused-ring (bicyclic) bond motifs is 1. The highest BCUT2D eigenvalue weighted by Gasteiger charge is 2.33. The fraction of sp³-hybridized carbons (Fsp3) is 0.391. The molecule has 0 fully saturated rings. The first-order valence-corrected chi connectivity index (χ1v) is 11.3. The number of alkyl halides is 3. The molecule has 0 saturated carbocycles. The highest BCUT2D eigenvalue weighted by molar-refractivity contribution is 7.20. The van der Waals surface area contributed by atoms with Crippen LogP contribution in [0.4, 0.5) is 18.9 Å². The number of nitrogens with zero attached hydrogens (tertiary/aromatic N) is 2. The minimum atomic E-state index is -4.54. The fourth-order valence-electron chi connectivity index (χ4n) is 3.35. The van der Waals surface area contributed by atoms with Gasteiger partial charge in [0.1, 0.15) is 17.1 Å². The summed E-state index contributed by atoms with van der Waals surface area (Å²) in [4.78, 5) is 19.3. The van der Waals surface area contributed by atoms with Gasteiger partial charge in [0.2, 0.25) is 0 Å². The number of carbonyl (C=O) groups excluding carboxylic acids is 1. The number of aromatic nitrogens is 1. The van der Waals surface area contributed by atoms with Gasteiger partial charge in [-0.2, -0.15) is 13.2 Å². The van der Waals surface area contributed by atoms with E-state index in [2.05, 4.69) is 29.0 Å². The molecule has 0 atom stereocenters. The van der Waals surface area contributed by atoms with E-state index in [1.165, 1.54) is 13.2 Å². The van der Waals surface area contributed by atoms with Crippen molar-refractivity contribution in [2.24, 2.45) is 0 Å². The van der Waals surface area contributed by atoms with Crippen LogP contribution in [0.3, 0.4) is 0 Å². The lowest BCUT2D eigenvalue weighted by Gasteiger charge is -2.19. The minimum absolute atomic E-state index is 0.169. The number of methoxy groups -OCH3 is 1. The minimum Gasteiger partial charge on any atom is -0.493 e. The van der Waals surface area contributed by atoms with E-state index in [9.17, 15) is 18.0 Å². The van der Waals surface area contributed by atoms with Gasteiger partial charge in [-0.3, -0.25) is 4.79 Å². The van der Waals surface area contributed by atoms with Crippen molar-refractivity contribution >= 4 is 33.1 Å². The van der Waals surface area contributed by atoms with Crippen molar-refractivity contribution in [1.82, 2.24) is 9.88 Å². The molecule has 1 amide bonds. The second kappa shape index (κ2) is 10.4. The summed E-state index contributed by atoms with van der Waals surface area (Å²) in [5, 5.41) is 3.32. The summed E-state index contributed by atoms with van der Waals surface area (Å²) in [5.74, 6) is 0.602. The van der Waals surface area contributed by atoms with Gasteiger partial charge in [0.25, 0.3) is 5.91 Å². The van der Waals surface area contributed by atoms with Crippen LogP contribution in [0.5, 0.6) is 11.5 Å². The highest BCUT2D eigenvalue weighted by atomic mass is 32.1. The Hall–Kier alpha value is -2.85. The van der Waals surface area contributed by atoms with Crippen LogP contribution >= 0.6 is 11.3 Å². The third kappa shape index (κ3) is 5.75. The maximum Gasteiger partial charge on any atom is 0.433 e. The van der Waals surface area contributed by atoms with Crippen LogP contribution in [-0.4, -0.2) is 49.1 Å². The average molecular weight is 482 g/mol. The number of thiophene rings is 1. The van der Waals surface area contributed by atoms with Crippen LogP contribution in [0.1, 0.15) is 34.8 Å². The number of pyridine rings is 1. The van der Waals surface area contributed by atoms with Crippen molar-refractivity contribution in [2.75, 3.05) is 38.7 Å². The van der Waals surface area contributed by atoms with E-state index in [1.807, 2.05) is 0 Å². The van der Waals surface area contributed by atoms with Gasteiger partial charge in [-0.1, -0.05) is 13.8 Å². The highest BCUT2D eigenvalue weighted by Crippen LogP contribution is 2.35. The molecule has 2 heterocycles. The first kappa shape index (κ1) is 24.8. The summed E-state index contributed by atoms with van der Waals surface area (Å²) in [5.41, 5.74) is 0.0854. The molecule has 6 nitrogen and oxygen atoms in total. The molecule has 0 radical (unpaired) electrons. The number of halogens is 3. The molecule has 1 aromatic carbocycles. The molecular formula is C23H26F3N3O3S. The van der Waals surface area contributed by atoms with Crippen LogP contribution in [0, 0.1) is 6.92 Å². The van der Waals surface area contributed by atoms with Gasteiger partial charge in [-0.15, -0.1) is 11.3 Å². The van der Waals surface area contributed by atoms with Gasteiger partial charge >= 0.3 is 6.18 Å². The Labute approximate surface area is 194 Å². The molecule has 1 N–H and O–H groups in total. The zero-order valence-electron chi connectivity index (χ0n) is 18.9. The van der Waals surface area contributed by atoms with Gasteiger partial charge in [-0.25, -0.2) is 4.98 Å². The van der Waals surface area contributed by atoms with Crippen LogP contribution in [0.15, 0.2) is 30.3 Å². The lowest BCUT2D eigenvalue weighted by Crippen LogP contribution is -2.28. The van der Waals surface area contributed by atoms with E-state index in [1.54, 1.807) is 25.1 Å². The van der Waals surface area contributed by atoms with Crippen molar-refractivity contribution in [3.05, 3.63) is 46.5 Å². The van der Waals surface area contributed by atoms with E-state index in [4.69, 9.17) is 9.47 Å². The molecule has 0 saturated heterocycles. The summed E-state index contributed by atoms with van der Waals surface area (Å²) in [7, 11) is 1.54. The molecular weight excluding hydrogens is 455 g/mol. The SMILES string of the molecule is CCN(CC)CCOc1cc(NC(=O)c2sc3nc(C(F)(F)F)ccc3c2C)ccc1OC. The molecule has 0 unspecified atom stereocenters. The number of benzene rings is 1. The van der Waals surface area contributed by atoms with Crippen LogP contribution < -0.4 is 14.8 Å². The summed E-state index contributed by atoms with van der Waals surface area (Å²) in [6.07, 6.45) is -4.54. The summed E-state index contributed by atoms with van der Waals surface area (Å²) in [6, 6.07) is 7.31. The number of ether oxygens (including phenoxy) is 2. The van der Waals surface area contributed by atoms with Crippen molar-refractivity contribution in [3.8, 4) is 11.5 Å². The summed E-state index contributed by atoms with van der Waals surface area (Å²) < 4.78 is 50.2. The molecule has 0 aliphatic carbocycles. The molecule has 2 aromatic heterocycles. The number of carbonyl (C=O) groups is 1. The maximum atomic E-state index is 13.0. The largest absolute Gasteiger partial charge is 0.493 e. The Morgan fingerprint density at radius 2 is 1.88 bits per heavy atom. The fourth-order valence-corrected chi connectivity index (χ4v) is 4.43. The van der Waals surface area contributed by atoms with Crippen LogP contribution in [0.25, 0.3) is 10.2 Å². The van der Waals surface area contributed by atoms with Gasteiger partial charge in [0.05, 0.1) is 12.0 Å². The van der Waals surface area contributed by atoms with Crippen LogP contribution in [0.2, 0.25) is 0 Å². The van der Waals surface area contributed by atoms with E-state index in [0.29, 0.717) is 39.6 Å². The number of rotatable bonds is 9. The molecule has 0 spiro atoms. The zero-order chi connectivity index (χ0) is 24.2. The number of amides is 1. The number of likely N-dealkylation sites (N-methyl/N-ethyl adjacent to an activating group) is 1. The first-order valence-electron chi connectivity index (χ1n) is 10.5. The molecule has 178 valence electrons. The van der Waals surface area contributed by atoms with Crippen molar-refractivity contribution in [1.29, 1.82) is 0 Å². The Balaban J connectivity index is 1.79. The lowest BCUT2D eigenvalue weighted by atomic mass is 10.1. The van der Waals surface area contributed by atoms with Gasteiger partial charge in [0, 0.05) is 23.7 Å². The third-order valence-electron chi connectivity index (χ3n) is 5.28. The molecule has 3 rings (SSSR count). The number of nitrogens with one attached hydrogen (secondary N) is 1. The Kier molecular flexibility index (Phi) is 7.80. The quantitative estimate of drug-likeness (QED) is 0.431. The van der Waals surface area contributed by atoms with Crippen molar-refractivity contribution in [2.45, 2.75) is 26.9 Å². The van der Waals surface area contributed by atoms with E-state index in [0.717, 1.165) is 37.0 Å². The van der Waals surface area contributed by atoms with E-state index < -0.39 is 17.8 Å². The van der Waals surface area contributed by atoms with Crippen molar-refractivity contribution < 1.29 is 27.4 Å². The second-order valence-electron chi connectivity index (χ2n) is 7.30. The maximum absolute atomic E-state index is 13.0. The van der Waals surface area contributed by atoms with Gasteiger partial charge in [0.15, 0.2) is 11.5 Å². The predicted molar refractivity (Wildman–Crippen MR) is 124 cm³/mol. The van der Waals surface area contributed by atoms with Gasteiger partial charge < -0.3 is 19.7 Å². The molecule has 0 bridgehead atoms. The summed E-state index contributed by atoms with van der Waals surface area (Å²) >= 11 is 0.931. The molecule has 0 aliphatic rings. The van der Waals surface area contributed by atoms with Gasteiger partial charge in [-0.05, 0) is 49.8 Å². The Morgan fingerprint density at radius 3 is 2.52 bits per heavy atom. The number of anilines is 1. The topological polar surface area (TPSA) is 63.7 Å². The zero-order valence-corrected chi connectivity index (χ0v) is 19.7. The monoisotopic (exact) mass is 481 g/mol. The third-order valence-corrected chi connectivity index (χ3v) is 6.48. The standard InChI is InChI=1S/C23H26F3N3O3S/c1-5-29(6-2)11-12-32-18-13-15(7-9-17(18)31-4)27-21(30)20-14(3)16-8-10-19(23(24,25)26)28-22(16)33-20/h7-10,13H,5-6,11-12H2,1-4H3,(H,27,30). The average Bonchev–Trinajstić information content (AvgIpc) is 3.12. The lowest BCUT2D eigenvalue weighted by molar-refractivity contribution is -0.140. The number of hydrogen-bond donors (Lipinski definition) is 1. The van der Waals surface area contributed by atoms with Crippen LogP contribution in [-0.2, 0) is 6.18 Å². The second-order valence-corrected chi connectivity index (χ2v) is 8.30. The number of aryl methyl sites for hydroxylation is 1. The molecule has 10 heteroatoms. The summed E-state index contributed by atoms with van der Waals surface area (Å²) in [6.45, 7) is 8.89. The van der Waals surface area contributed by atoms with Crippen molar-refractivity contribution in [3.63, 3.8) is 0 Å². The van der Waals surface area contributed by atoms with E-state index >= 15 is 0 Å². The predicted octanol–water partition coefficient (Wildman–Crippen LogP) is 5.61. The Morgan fingerprint density at radius 1 is 1.15 bits per heavy atom. The normalized spacial score (nSPS) is 11.8. The smallest absolute Gasteiger partial charge is 0.433 e. The number of hydrogen-bond acceptors (Lipinski definition) is 6. The molecule has 33 heavy (non-hydrogen) atoms.